The lowest BCUT2D eigenvalue weighted by atomic mass is 10.1. The normalized spacial score (nSPS) is 21.8. The summed E-state index contributed by atoms with van der Waals surface area (Å²) in [7, 11) is 1.91. The van der Waals surface area contributed by atoms with Crippen molar-refractivity contribution in [2.45, 2.75) is 25.5 Å². The maximum atomic E-state index is 14.6. The first-order valence-corrected chi connectivity index (χ1v) is 9.05. The zero-order chi connectivity index (χ0) is 17.2. The van der Waals surface area contributed by atoms with Gasteiger partial charge in [-0.05, 0) is 25.0 Å². The van der Waals surface area contributed by atoms with Crippen molar-refractivity contribution in [2.24, 2.45) is 7.05 Å². The van der Waals surface area contributed by atoms with Crippen molar-refractivity contribution in [1.82, 2.24) is 14.7 Å². The van der Waals surface area contributed by atoms with E-state index in [0.717, 1.165) is 43.0 Å². The molecule has 2 aromatic rings. The number of rotatable bonds is 4. The summed E-state index contributed by atoms with van der Waals surface area (Å²) in [6.07, 6.45) is 6.23. The highest BCUT2D eigenvalue weighted by atomic mass is 19.1. The molecule has 4 rings (SSSR count). The highest BCUT2D eigenvalue weighted by Crippen LogP contribution is 2.29. The molecule has 0 aliphatic carbocycles. The molecular weight excluding hydrogens is 319 g/mol. The molecule has 0 unspecified atom stereocenters. The second-order valence-corrected chi connectivity index (χ2v) is 6.97. The number of halogens is 1. The van der Waals surface area contributed by atoms with Crippen LogP contribution in [0, 0.1) is 5.82 Å². The number of hydrogen-bond donors (Lipinski definition) is 0. The van der Waals surface area contributed by atoms with E-state index in [4.69, 9.17) is 4.74 Å². The molecule has 25 heavy (non-hydrogen) atoms. The van der Waals surface area contributed by atoms with E-state index in [9.17, 15) is 4.39 Å². The van der Waals surface area contributed by atoms with Gasteiger partial charge in [0.05, 0.1) is 18.9 Å². The van der Waals surface area contributed by atoms with Gasteiger partial charge in [0.15, 0.2) is 0 Å². The molecule has 0 amide bonds. The first kappa shape index (κ1) is 16.5. The van der Waals surface area contributed by atoms with Crippen LogP contribution in [-0.2, 0) is 18.3 Å². The second-order valence-electron chi connectivity index (χ2n) is 6.97. The molecule has 3 heterocycles. The fourth-order valence-electron chi connectivity index (χ4n) is 3.84. The first-order chi connectivity index (χ1) is 12.2. The SMILES string of the molecule is Cn1cc([C@H]2CN(Cc3c(F)cccc3N3CCCC3)CCO2)cn1. The largest absolute Gasteiger partial charge is 0.371 e. The number of benzene rings is 1. The van der Waals surface area contributed by atoms with Crippen molar-refractivity contribution in [2.75, 3.05) is 37.7 Å². The lowest BCUT2D eigenvalue weighted by Gasteiger charge is -2.33. The summed E-state index contributed by atoms with van der Waals surface area (Å²) in [5, 5.41) is 4.23. The fourth-order valence-corrected chi connectivity index (χ4v) is 3.84. The Morgan fingerprint density at radius 1 is 1.24 bits per heavy atom. The summed E-state index contributed by atoms with van der Waals surface area (Å²) in [6.45, 7) is 4.92. The smallest absolute Gasteiger partial charge is 0.129 e. The van der Waals surface area contributed by atoms with E-state index in [-0.39, 0.29) is 11.9 Å². The van der Waals surface area contributed by atoms with Crippen molar-refractivity contribution >= 4 is 5.69 Å². The summed E-state index contributed by atoms with van der Waals surface area (Å²) in [6, 6.07) is 5.46. The Morgan fingerprint density at radius 3 is 2.84 bits per heavy atom. The first-order valence-electron chi connectivity index (χ1n) is 9.05. The third-order valence-electron chi connectivity index (χ3n) is 5.17. The maximum Gasteiger partial charge on any atom is 0.129 e. The van der Waals surface area contributed by atoms with Crippen LogP contribution in [0.25, 0.3) is 0 Å². The highest BCUT2D eigenvalue weighted by Gasteiger charge is 2.26. The van der Waals surface area contributed by atoms with E-state index in [2.05, 4.69) is 21.0 Å². The minimum Gasteiger partial charge on any atom is -0.371 e. The van der Waals surface area contributed by atoms with Crippen LogP contribution in [0.15, 0.2) is 30.6 Å². The summed E-state index contributed by atoms with van der Waals surface area (Å²) < 4.78 is 22.3. The van der Waals surface area contributed by atoms with Gasteiger partial charge < -0.3 is 9.64 Å². The highest BCUT2D eigenvalue weighted by molar-refractivity contribution is 5.54. The summed E-state index contributed by atoms with van der Waals surface area (Å²) >= 11 is 0. The van der Waals surface area contributed by atoms with E-state index in [0.29, 0.717) is 13.2 Å². The van der Waals surface area contributed by atoms with E-state index < -0.39 is 0 Å². The molecule has 1 aromatic carbocycles. The lowest BCUT2D eigenvalue weighted by Crippen LogP contribution is -2.38. The molecule has 0 radical (unpaired) electrons. The van der Waals surface area contributed by atoms with Crippen molar-refractivity contribution in [3.05, 3.63) is 47.5 Å². The summed E-state index contributed by atoms with van der Waals surface area (Å²) in [5.41, 5.74) is 2.96. The van der Waals surface area contributed by atoms with E-state index in [1.165, 1.54) is 12.8 Å². The van der Waals surface area contributed by atoms with Gasteiger partial charge in [-0.1, -0.05) is 6.07 Å². The molecule has 0 spiro atoms. The molecule has 6 heteroatoms. The Bertz CT molecular complexity index is 726. The maximum absolute atomic E-state index is 14.6. The van der Waals surface area contributed by atoms with Crippen molar-refractivity contribution in [3.8, 4) is 0 Å². The van der Waals surface area contributed by atoms with Crippen molar-refractivity contribution in [1.29, 1.82) is 0 Å². The van der Waals surface area contributed by atoms with E-state index in [1.54, 1.807) is 10.7 Å². The number of aromatic nitrogens is 2. The molecule has 134 valence electrons. The molecule has 0 saturated carbocycles. The third-order valence-corrected chi connectivity index (χ3v) is 5.17. The van der Waals surface area contributed by atoms with Crippen LogP contribution in [0.4, 0.5) is 10.1 Å². The Morgan fingerprint density at radius 2 is 2.08 bits per heavy atom. The topological polar surface area (TPSA) is 33.5 Å². The van der Waals surface area contributed by atoms with Crippen molar-refractivity contribution < 1.29 is 9.13 Å². The molecule has 2 aliphatic rings. The van der Waals surface area contributed by atoms with Gasteiger partial charge in [-0.2, -0.15) is 5.10 Å². The number of morpholine rings is 1. The molecule has 1 aromatic heterocycles. The predicted molar refractivity (Wildman–Crippen MR) is 95.0 cm³/mol. The molecule has 1 atom stereocenters. The van der Waals surface area contributed by atoms with E-state index in [1.807, 2.05) is 25.5 Å². The Balaban J connectivity index is 1.51. The van der Waals surface area contributed by atoms with Crippen LogP contribution >= 0.6 is 0 Å². The number of anilines is 1. The minimum atomic E-state index is -0.103. The second kappa shape index (κ2) is 7.14. The van der Waals surface area contributed by atoms with E-state index >= 15 is 0 Å². The van der Waals surface area contributed by atoms with Gasteiger partial charge in [-0.25, -0.2) is 4.39 Å². The van der Waals surface area contributed by atoms with Gasteiger partial charge in [-0.15, -0.1) is 0 Å². The quantitative estimate of drug-likeness (QED) is 0.854. The zero-order valence-electron chi connectivity index (χ0n) is 14.7. The van der Waals surface area contributed by atoms with Gasteiger partial charge in [0.25, 0.3) is 0 Å². The monoisotopic (exact) mass is 344 g/mol. The summed E-state index contributed by atoms with van der Waals surface area (Å²) in [5.74, 6) is -0.103. The number of hydrogen-bond acceptors (Lipinski definition) is 4. The van der Waals surface area contributed by atoms with Crippen LogP contribution in [-0.4, -0.2) is 47.5 Å². The third kappa shape index (κ3) is 3.55. The van der Waals surface area contributed by atoms with Crippen molar-refractivity contribution in [3.63, 3.8) is 0 Å². The average Bonchev–Trinajstić information content (AvgIpc) is 3.29. The minimum absolute atomic E-state index is 0.00413. The van der Waals surface area contributed by atoms with Gasteiger partial charge in [-0.3, -0.25) is 9.58 Å². The van der Waals surface area contributed by atoms with Crippen LogP contribution in [0.5, 0.6) is 0 Å². The Kier molecular flexibility index (Phi) is 4.72. The molecule has 2 saturated heterocycles. The predicted octanol–water partition coefficient (Wildman–Crippen LogP) is 2.73. The van der Waals surface area contributed by atoms with Gasteiger partial charge in [0.1, 0.15) is 5.82 Å². The standard InChI is InChI=1S/C19H25FN4O/c1-22-12-15(11-21-22)19-14-23(9-10-25-19)13-16-17(20)5-4-6-18(16)24-7-2-3-8-24/h4-6,11-12,19H,2-3,7-10,13-14H2,1H3/t19-/m1/s1. The molecule has 2 fully saturated rings. The Hall–Kier alpha value is -1.92. The molecule has 2 aliphatic heterocycles. The molecule has 5 nitrogen and oxygen atoms in total. The van der Waals surface area contributed by atoms with Crippen LogP contribution in [0.2, 0.25) is 0 Å². The summed E-state index contributed by atoms with van der Waals surface area (Å²) in [4.78, 5) is 4.61. The molecule has 0 bridgehead atoms. The van der Waals surface area contributed by atoms with Gasteiger partial charge >= 0.3 is 0 Å². The van der Waals surface area contributed by atoms with Crippen LogP contribution in [0.1, 0.15) is 30.1 Å². The van der Waals surface area contributed by atoms with Gasteiger partial charge in [0.2, 0.25) is 0 Å². The molecule has 0 N–H and O–H groups in total. The van der Waals surface area contributed by atoms with Gasteiger partial charge in [0, 0.05) is 62.8 Å². The average molecular weight is 344 g/mol. The lowest BCUT2D eigenvalue weighted by molar-refractivity contribution is -0.0332. The Labute approximate surface area is 148 Å². The zero-order valence-corrected chi connectivity index (χ0v) is 14.7. The number of nitrogens with zero attached hydrogens (tertiary/aromatic N) is 4. The number of ether oxygens (including phenoxy) is 1. The van der Waals surface area contributed by atoms with Crippen LogP contribution in [0.3, 0.4) is 0 Å². The number of aryl methyl sites for hydroxylation is 1. The fraction of sp³-hybridized carbons (Fsp3) is 0.526. The van der Waals surface area contributed by atoms with Crippen LogP contribution < -0.4 is 4.90 Å². The molecular formula is C19H25FN4O.